The number of hydrogen-bond acceptors (Lipinski definition) is 11. The van der Waals surface area contributed by atoms with Crippen molar-refractivity contribution in [2.75, 3.05) is 13.2 Å². The predicted molar refractivity (Wildman–Crippen MR) is 330 cm³/mol. The van der Waals surface area contributed by atoms with Crippen molar-refractivity contribution >= 4 is 23.9 Å². The molecule has 1 aliphatic rings. The number of ether oxygens (including phenoxy) is 5. The van der Waals surface area contributed by atoms with Crippen molar-refractivity contribution in [3.8, 4) is 0 Å². The molecule has 1 aliphatic heterocycles. The van der Waals surface area contributed by atoms with Gasteiger partial charge in [-0.2, -0.15) is 0 Å². The Morgan fingerprint density at radius 1 is 0.420 bits per heavy atom. The molecule has 0 aromatic carbocycles. The summed E-state index contributed by atoms with van der Waals surface area (Å²) in [5, 5.41) is 31.5. The smallest absolute Gasteiger partial charge is 0.335 e. The molecule has 0 bridgehead atoms. The van der Waals surface area contributed by atoms with Crippen LogP contribution in [-0.2, 0) is 42.9 Å². The van der Waals surface area contributed by atoms with Gasteiger partial charge in [0.1, 0.15) is 18.8 Å². The Bertz CT molecular complexity index is 1920. The molecule has 81 heavy (non-hydrogen) atoms. The molecule has 12 nitrogen and oxygen atoms in total. The zero-order valence-electron chi connectivity index (χ0n) is 50.2. The van der Waals surface area contributed by atoms with Crippen LogP contribution in [0.3, 0.4) is 0 Å². The third-order valence-electron chi connectivity index (χ3n) is 13.2. The van der Waals surface area contributed by atoms with Gasteiger partial charge in [-0.1, -0.05) is 206 Å². The van der Waals surface area contributed by atoms with Gasteiger partial charge < -0.3 is 39.0 Å². The molecule has 6 unspecified atom stereocenters. The van der Waals surface area contributed by atoms with Gasteiger partial charge in [0.15, 0.2) is 24.6 Å². The standard InChI is InChI=1S/C69H108O12/c1-4-7-10-13-16-19-22-25-28-30-31-33-35-37-40-43-46-49-52-55-61(70)77-58-60(79-62(71)56-53-50-47-44-41-39-36-32-29-26-23-20-17-14-11-8-5-2)59-78-69-67(65(74)64(73)66(81-69)68(75)76)80-63(72)57-54-51-48-45-42-38-34-27-24-21-18-15-12-9-6-3/h8-9,11-12,16-21,25-29,31,33-34,36,39,42,45,60,64-67,69,73-74H,4-7,10,13-15,22-24,30,32,35,37-38,40-41,43-44,46-59H2,1-3H3,(H,75,76)/b11-8-,12-9-,19-16-,20-17-,21-18-,28-25-,29-26-,33-31-,34-27-,39-36-,45-42-. The monoisotopic (exact) mass is 1130 g/mol. The third kappa shape index (κ3) is 45.1. The number of allylic oxidation sites excluding steroid dienone is 22. The van der Waals surface area contributed by atoms with E-state index in [4.69, 9.17) is 23.7 Å². The van der Waals surface area contributed by atoms with E-state index in [0.717, 1.165) is 135 Å². The topological polar surface area (TPSA) is 175 Å². The number of unbranched alkanes of at least 4 members (excludes halogenated alkanes) is 15. The lowest BCUT2D eigenvalue weighted by atomic mass is 9.98. The molecule has 3 N–H and O–H groups in total. The predicted octanol–water partition coefficient (Wildman–Crippen LogP) is 16.6. The molecule has 6 atom stereocenters. The van der Waals surface area contributed by atoms with Gasteiger partial charge in [-0.3, -0.25) is 14.4 Å². The lowest BCUT2D eigenvalue weighted by molar-refractivity contribution is -0.301. The molecule has 0 spiro atoms. The quantitative estimate of drug-likeness (QED) is 0.0228. The molecule has 0 aromatic heterocycles. The van der Waals surface area contributed by atoms with Crippen LogP contribution >= 0.6 is 0 Å². The number of carboxylic acid groups (broad SMARTS) is 1. The van der Waals surface area contributed by atoms with E-state index in [1.165, 1.54) is 25.7 Å². The largest absolute Gasteiger partial charge is 0.479 e. The van der Waals surface area contributed by atoms with Crippen molar-refractivity contribution < 1.29 is 58.2 Å². The first-order valence-corrected chi connectivity index (χ1v) is 31.2. The minimum absolute atomic E-state index is 0.00359. The Morgan fingerprint density at radius 2 is 0.778 bits per heavy atom. The molecule has 1 saturated heterocycles. The molecule has 0 aliphatic carbocycles. The van der Waals surface area contributed by atoms with E-state index in [1.807, 2.05) is 0 Å². The highest BCUT2D eigenvalue weighted by Crippen LogP contribution is 2.26. The number of carboxylic acids is 1. The number of carbonyl (C=O) groups excluding carboxylic acids is 3. The summed E-state index contributed by atoms with van der Waals surface area (Å²) in [5.41, 5.74) is 0. The fourth-order valence-corrected chi connectivity index (χ4v) is 8.47. The zero-order chi connectivity index (χ0) is 58.9. The minimum Gasteiger partial charge on any atom is -0.479 e. The van der Waals surface area contributed by atoms with Crippen molar-refractivity contribution in [3.05, 3.63) is 134 Å². The Morgan fingerprint density at radius 3 is 1.21 bits per heavy atom. The Kier molecular flexibility index (Phi) is 50.5. The minimum atomic E-state index is -1.93. The van der Waals surface area contributed by atoms with Crippen molar-refractivity contribution in [1.82, 2.24) is 0 Å². The van der Waals surface area contributed by atoms with Gasteiger partial charge in [0.25, 0.3) is 0 Å². The summed E-state index contributed by atoms with van der Waals surface area (Å²) in [5.74, 6) is -3.24. The van der Waals surface area contributed by atoms with E-state index in [0.29, 0.717) is 25.7 Å². The summed E-state index contributed by atoms with van der Waals surface area (Å²) in [4.78, 5) is 51.3. The normalized spacial score (nSPS) is 18.7. The summed E-state index contributed by atoms with van der Waals surface area (Å²) < 4.78 is 28.4. The van der Waals surface area contributed by atoms with Crippen molar-refractivity contribution in [2.24, 2.45) is 0 Å². The lowest BCUT2D eigenvalue weighted by Gasteiger charge is -2.40. The summed E-state index contributed by atoms with van der Waals surface area (Å²) in [7, 11) is 0. The molecule has 1 rings (SSSR count). The number of aliphatic hydroxyl groups excluding tert-OH is 2. The van der Waals surface area contributed by atoms with E-state index in [2.05, 4.69) is 154 Å². The molecule has 1 fully saturated rings. The first-order chi connectivity index (χ1) is 39.6. The Hall–Kier alpha value is -5.14. The highest BCUT2D eigenvalue weighted by molar-refractivity contribution is 5.74. The van der Waals surface area contributed by atoms with Crippen molar-refractivity contribution in [3.63, 3.8) is 0 Å². The number of rotatable bonds is 51. The number of aliphatic hydroxyl groups is 2. The van der Waals surface area contributed by atoms with Gasteiger partial charge in [-0.25, -0.2) is 4.79 Å². The average Bonchev–Trinajstić information content (AvgIpc) is 3.52. The summed E-state index contributed by atoms with van der Waals surface area (Å²) in [6.07, 6.45) is 65.5. The molecular weight excluding hydrogens is 1020 g/mol. The highest BCUT2D eigenvalue weighted by atomic mass is 16.7. The van der Waals surface area contributed by atoms with Crippen LogP contribution in [0.15, 0.2) is 134 Å². The zero-order valence-corrected chi connectivity index (χ0v) is 50.2. The first kappa shape index (κ1) is 73.9. The van der Waals surface area contributed by atoms with Crippen LogP contribution in [0.25, 0.3) is 0 Å². The second kappa shape index (κ2) is 55.4. The van der Waals surface area contributed by atoms with E-state index in [9.17, 15) is 34.5 Å². The summed E-state index contributed by atoms with van der Waals surface area (Å²) in [6, 6.07) is 0. The van der Waals surface area contributed by atoms with Crippen LogP contribution in [0.2, 0.25) is 0 Å². The number of esters is 3. The average molecular weight is 1130 g/mol. The lowest BCUT2D eigenvalue weighted by Crippen LogP contribution is -2.61. The fourth-order valence-electron chi connectivity index (χ4n) is 8.47. The Labute approximate surface area is 490 Å². The van der Waals surface area contributed by atoms with Crippen LogP contribution in [0.4, 0.5) is 0 Å². The molecular formula is C69H108O12. The second-order valence-corrected chi connectivity index (χ2v) is 20.6. The molecule has 12 heteroatoms. The van der Waals surface area contributed by atoms with E-state index in [-0.39, 0.29) is 25.9 Å². The molecule has 1 heterocycles. The van der Waals surface area contributed by atoms with E-state index < -0.39 is 67.3 Å². The van der Waals surface area contributed by atoms with Gasteiger partial charge in [0.2, 0.25) is 0 Å². The van der Waals surface area contributed by atoms with Crippen LogP contribution in [0.1, 0.15) is 226 Å². The molecule has 0 saturated carbocycles. The molecule has 0 amide bonds. The third-order valence-corrected chi connectivity index (χ3v) is 13.2. The summed E-state index contributed by atoms with van der Waals surface area (Å²) in [6.45, 7) is 5.68. The van der Waals surface area contributed by atoms with Crippen LogP contribution in [0.5, 0.6) is 0 Å². The maximum atomic E-state index is 13.2. The number of hydrogen-bond donors (Lipinski definition) is 3. The maximum Gasteiger partial charge on any atom is 0.335 e. The molecule has 0 radical (unpaired) electrons. The fraction of sp³-hybridized carbons (Fsp3) is 0.623. The molecule has 0 aromatic rings. The number of carbonyl (C=O) groups is 4. The van der Waals surface area contributed by atoms with Gasteiger partial charge >= 0.3 is 23.9 Å². The van der Waals surface area contributed by atoms with Crippen molar-refractivity contribution in [1.29, 1.82) is 0 Å². The highest BCUT2D eigenvalue weighted by Gasteiger charge is 2.50. The van der Waals surface area contributed by atoms with Crippen molar-refractivity contribution in [2.45, 2.75) is 263 Å². The van der Waals surface area contributed by atoms with Crippen LogP contribution in [0, 0.1) is 0 Å². The first-order valence-electron chi connectivity index (χ1n) is 31.2. The Balaban J connectivity index is 2.74. The number of aliphatic carboxylic acids is 1. The molecule has 456 valence electrons. The van der Waals surface area contributed by atoms with Gasteiger partial charge in [-0.15, -0.1) is 0 Å². The SMILES string of the molecule is CC/C=C\C/C=C\C/C=C\C/C=C\CCCCCCC(=O)OC(COC(=O)CCCCCCCC/C=C\C/C=C\C/C=C\CCCCC)COC1OC(C(=O)O)C(O)C(O)C1OC(=O)CCCC/C=C\C/C=C\C/C=C\C/C=C\CC. The van der Waals surface area contributed by atoms with Gasteiger partial charge in [0.05, 0.1) is 6.61 Å². The maximum absolute atomic E-state index is 13.2. The van der Waals surface area contributed by atoms with Crippen LogP contribution in [-0.4, -0.2) is 89.2 Å². The second-order valence-electron chi connectivity index (χ2n) is 20.6. The van der Waals surface area contributed by atoms with Crippen LogP contribution < -0.4 is 0 Å². The van der Waals surface area contributed by atoms with E-state index in [1.54, 1.807) is 0 Å². The summed E-state index contributed by atoms with van der Waals surface area (Å²) >= 11 is 0. The van der Waals surface area contributed by atoms with E-state index >= 15 is 0 Å². The van der Waals surface area contributed by atoms with Gasteiger partial charge in [0, 0.05) is 19.3 Å². The van der Waals surface area contributed by atoms with Gasteiger partial charge in [-0.05, 0) is 135 Å².